The number of ether oxygens (including phenoxy) is 1. The second-order valence-corrected chi connectivity index (χ2v) is 10.7. The smallest absolute Gasteiger partial charge is 0.311 e. The lowest BCUT2D eigenvalue weighted by Gasteiger charge is -2.46. The lowest BCUT2D eigenvalue weighted by atomic mass is 9.59. The van der Waals surface area contributed by atoms with E-state index in [-0.39, 0.29) is 29.3 Å². The van der Waals surface area contributed by atoms with Crippen LogP contribution in [-0.4, -0.2) is 24.7 Å². The standard InChI is InChI=1S/C26H37NO3/c1-17-7-5-11-26(2)15-24-20(14-22(17)26)21(25(28)30-24)16-27-23-10-4-3-8-18(23)13-19-9-6-12-29-19/h6,9,12,14,17-18,20-21,23-24,27H,3-5,7-8,10-11,13,15-16H2,1-2H3/t17-,18-,20+,21+,23-,24-,26+/m1/s1. The van der Waals surface area contributed by atoms with Crippen molar-refractivity contribution in [1.82, 2.24) is 5.32 Å². The molecule has 1 aliphatic heterocycles. The van der Waals surface area contributed by atoms with Gasteiger partial charge in [-0.3, -0.25) is 4.79 Å². The zero-order valence-electron chi connectivity index (χ0n) is 18.6. The third-order valence-electron chi connectivity index (χ3n) is 8.63. The predicted molar refractivity (Wildman–Crippen MR) is 117 cm³/mol. The molecule has 3 aliphatic carbocycles. The van der Waals surface area contributed by atoms with E-state index < -0.39 is 0 Å². The van der Waals surface area contributed by atoms with Crippen LogP contribution in [0.25, 0.3) is 0 Å². The van der Waals surface area contributed by atoms with Gasteiger partial charge in [-0.05, 0) is 61.5 Å². The highest BCUT2D eigenvalue weighted by Gasteiger charge is 2.51. The van der Waals surface area contributed by atoms with Gasteiger partial charge < -0.3 is 14.5 Å². The van der Waals surface area contributed by atoms with Gasteiger partial charge in [-0.1, -0.05) is 44.8 Å². The Hall–Kier alpha value is -1.55. The Morgan fingerprint density at radius 2 is 2.07 bits per heavy atom. The molecule has 1 aromatic heterocycles. The Bertz CT molecular complexity index is 784. The lowest BCUT2D eigenvalue weighted by Crippen LogP contribution is -2.44. The Balaban J connectivity index is 1.28. The summed E-state index contributed by atoms with van der Waals surface area (Å²) in [5.74, 6) is 2.54. The number of nitrogens with one attached hydrogen (secondary N) is 1. The first-order valence-electron chi connectivity index (χ1n) is 12.2. The van der Waals surface area contributed by atoms with Crippen LogP contribution in [0.2, 0.25) is 0 Å². The number of fused-ring (bicyclic) bond motifs is 2. The molecule has 7 atom stereocenters. The molecule has 4 nitrogen and oxygen atoms in total. The van der Waals surface area contributed by atoms with Gasteiger partial charge in [-0.2, -0.15) is 0 Å². The van der Waals surface area contributed by atoms with E-state index in [1.807, 2.05) is 6.07 Å². The van der Waals surface area contributed by atoms with Gasteiger partial charge in [-0.25, -0.2) is 0 Å². The average Bonchev–Trinajstić information content (AvgIpc) is 3.33. The second-order valence-electron chi connectivity index (χ2n) is 10.7. The first kappa shape index (κ1) is 20.4. The first-order chi connectivity index (χ1) is 14.5. The molecule has 30 heavy (non-hydrogen) atoms. The van der Waals surface area contributed by atoms with Crippen LogP contribution in [0.4, 0.5) is 0 Å². The number of carbonyl (C=O) groups is 1. The Labute approximate surface area is 180 Å². The molecule has 1 aromatic rings. The Kier molecular flexibility index (Phi) is 5.55. The minimum Gasteiger partial charge on any atom is -0.469 e. The summed E-state index contributed by atoms with van der Waals surface area (Å²) in [6.07, 6.45) is 15.1. The molecule has 0 bridgehead atoms. The van der Waals surface area contributed by atoms with Gasteiger partial charge in [0.15, 0.2) is 0 Å². The van der Waals surface area contributed by atoms with E-state index in [4.69, 9.17) is 9.15 Å². The molecule has 5 rings (SSSR count). The maximum Gasteiger partial charge on any atom is 0.311 e. The highest BCUT2D eigenvalue weighted by molar-refractivity contribution is 5.76. The van der Waals surface area contributed by atoms with E-state index in [0.717, 1.165) is 25.1 Å². The van der Waals surface area contributed by atoms with Crippen molar-refractivity contribution in [3.05, 3.63) is 35.8 Å². The number of esters is 1. The lowest BCUT2D eigenvalue weighted by molar-refractivity contribution is -0.145. The van der Waals surface area contributed by atoms with E-state index in [2.05, 4.69) is 31.3 Å². The zero-order valence-corrected chi connectivity index (χ0v) is 18.6. The first-order valence-corrected chi connectivity index (χ1v) is 12.2. The maximum atomic E-state index is 12.8. The summed E-state index contributed by atoms with van der Waals surface area (Å²) in [4.78, 5) is 12.8. The van der Waals surface area contributed by atoms with Crippen molar-refractivity contribution in [1.29, 1.82) is 0 Å². The Morgan fingerprint density at radius 3 is 2.90 bits per heavy atom. The summed E-state index contributed by atoms with van der Waals surface area (Å²) in [6.45, 7) is 5.51. The van der Waals surface area contributed by atoms with E-state index in [1.54, 1.807) is 11.8 Å². The normalized spacial score (nSPS) is 41.0. The molecule has 2 saturated carbocycles. The summed E-state index contributed by atoms with van der Waals surface area (Å²) >= 11 is 0. The van der Waals surface area contributed by atoms with Crippen LogP contribution in [0.15, 0.2) is 34.5 Å². The minimum absolute atomic E-state index is 0.0163. The van der Waals surface area contributed by atoms with Crippen LogP contribution in [0.3, 0.4) is 0 Å². The van der Waals surface area contributed by atoms with E-state index in [1.165, 1.54) is 44.9 Å². The van der Waals surface area contributed by atoms with Gasteiger partial charge in [-0.15, -0.1) is 0 Å². The van der Waals surface area contributed by atoms with Crippen molar-refractivity contribution in [3.8, 4) is 0 Å². The molecule has 1 saturated heterocycles. The van der Waals surface area contributed by atoms with Crippen molar-refractivity contribution in [3.63, 3.8) is 0 Å². The van der Waals surface area contributed by atoms with Crippen LogP contribution >= 0.6 is 0 Å². The van der Waals surface area contributed by atoms with Gasteiger partial charge in [0.1, 0.15) is 11.9 Å². The van der Waals surface area contributed by atoms with Crippen LogP contribution in [0, 0.1) is 29.1 Å². The molecule has 2 heterocycles. The van der Waals surface area contributed by atoms with Gasteiger partial charge in [0, 0.05) is 24.9 Å². The third kappa shape index (κ3) is 3.77. The fourth-order valence-corrected chi connectivity index (χ4v) is 6.97. The van der Waals surface area contributed by atoms with E-state index >= 15 is 0 Å². The number of furan rings is 1. The van der Waals surface area contributed by atoms with Crippen LogP contribution in [0.5, 0.6) is 0 Å². The van der Waals surface area contributed by atoms with Crippen molar-refractivity contribution >= 4 is 5.97 Å². The van der Waals surface area contributed by atoms with Crippen molar-refractivity contribution in [2.45, 2.75) is 83.8 Å². The van der Waals surface area contributed by atoms with Gasteiger partial charge in [0.2, 0.25) is 0 Å². The minimum atomic E-state index is -0.0348. The molecule has 0 amide bonds. The van der Waals surface area contributed by atoms with E-state index in [9.17, 15) is 4.79 Å². The molecule has 0 radical (unpaired) electrons. The van der Waals surface area contributed by atoms with Crippen LogP contribution in [0.1, 0.15) is 71.0 Å². The summed E-state index contributed by atoms with van der Waals surface area (Å²) in [6, 6.07) is 4.53. The van der Waals surface area contributed by atoms with Crippen molar-refractivity contribution in [2.24, 2.45) is 29.1 Å². The average molecular weight is 412 g/mol. The molecule has 1 N–H and O–H groups in total. The molecule has 164 valence electrons. The monoisotopic (exact) mass is 411 g/mol. The quantitative estimate of drug-likeness (QED) is 0.529. The zero-order chi connectivity index (χ0) is 20.7. The summed E-state index contributed by atoms with van der Waals surface area (Å²) in [5, 5.41) is 3.81. The molecule has 4 heteroatoms. The van der Waals surface area contributed by atoms with Crippen LogP contribution < -0.4 is 5.32 Å². The SMILES string of the molecule is C[C@@H]1CCC[C@@]2(C)C[C@H]3OC(=O)[C@@H](CN[C@@H]4CCCC[C@@H]4Cc4ccco4)[C@@H]3C=C12. The maximum absolute atomic E-state index is 12.8. The highest BCUT2D eigenvalue weighted by Crippen LogP contribution is 2.53. The third-order valence-corrected chi connectivity index (χ3v) is 8.63. The molecule has 0 spiro atoms. The van der Waals surface area contributed by atoms with E-state index in [0.29, 0.717) is 17.9 Å². The summed E-state index contributed by atoms with van der Waals surface area (Å²) in [5.41, 5.74) is 1.84. The number of carbonyl (C=O) groups excluding carboxylic acids is 1. The second kappa shape index (κ2) is 8.18. The number of allylic oxidation sites excluding steroid dienone is 1. The number of rotatable bonds is 5. The molecular formula is C26H37NO3. The molecular weight excluding hydrogens is 374 g/mol. The molecule has 0 aromatic carbocycles. The number of hydrogen-bond donors (Lipinski definition) is 1. The summed E-state index contributed by atoms with van der Waals surface area (Å²) in [7, 11) is 0. The van der Waals surface area contributed by atoms with Gasteiger partial charge in [0.05, 0.1) is 12.2 Å². The van der Waals surface area contributed by atoms with Crippen molar-refractivity contribution < 1.29 is 13.9 Å². The van der Waals surface area contributed by atoms with Gasteiger partial charge in [0.25, 0.3) is 0 Å². The fraction of sp³-hybridized carbons (Fsp3) is 0.731. The molecule has 3 fully saturated rings. The topological polar surface area (TPSA) is 51.5 Å². The molecule has 0 unspecified atom stereocenters. The number of hydrogen-bond acceptors (Lipinski definition) is 4. The Morgan fingerprint density at radius 1 is 1.20 bits per heavy atom. The fourth-order valence-electron chi connectivity index (χ4n) is 6.97. The predicted octanol–water partition coefficient (Wildman–Crippen LogP) is 5.28. The van der Waals surface area contributed by atoms with Crippen LogP contribution in [-0.2, 0) is 16.0 Å². The largest absolute Gasteiger partial charge is 0.469 e. The van der Waals surface area contributed by atoms with Gasteiger partial charge >= 0.3 is 5.97 Å². The highest BCUT2D eigenvalue weighted by atomic mass is 16.6. The molecule has 4 aliphatic rings. The summed E-state index contributed by atoms with van der Waals surface area (Å²) < 4.78 is 11.6. The van der Waals surface area contributed by atoms with Crippen molar-refractivity contribution in [2.75, 3.05) is 6.54 Å².